The van der Waals surface area contributed by atoms with Gasteiger partial charge in [0, 0.05) is 30.0 Å². The van der Waals surface area contributed by atoms with E-state index in [1.165, 1.54) is 24.3 Å². The first-order chi connectivity index (χ1) is 13.5. The number of ether oxygens (including phenoxy) is 2. The van der Waals surface area contributed by atoms with Crippen molar-refractivity contribution < 1.29 is 19.0 Å². The van der Waals surface area contributed by atoms with Crippen LogP contribution in [0.15, 0.2) is 54.6 Å². The summed E-state index contributed by atoms with van der Waals surface area (Å²) < 4.78 is 23.9. The highest BCUT2D eigenvalue weighted by atomic mass is 35.5. The van der Waals surface area contributed by atoms with Crippen molar-refractivity contribution in [2.45, 2.75) is 12.8 Å². The summed E-state index contributed by atoms with van der Waals surface area (Å²) in [5.74, 6) is 0.446. The quantitative estimate of drug-likeness (QED) is 0.476. The number of benzene rings is 3. The fourth-order valence-electron chi connectivity index (χ4n) is 2.93. The first-order valence-corrected chi connectivity index (χ1v) is 9.36. The summed E-state index contributed by atoms with van der Waals surface area (Å²) >= 11 is 12.5. The van der Waals surface area contributed by atoms with Gasteiger partial charge in [0.2, 0.25) is 0 Å². The number of methoxy groups -OCH3 is 1. The lowest BCUT2D eigenvalue weighted by atomic mass is 9.98. The normalized spacial score (nSPS) is 10.9. The van der Waals surface area contributed by atoms with Gasteiger partial charge in [0.05, 0.1) is 0 Å². The molecule has 0 saturated heterocycles. The second-order valence-corrected chi connectivity index (χ2v) is 7.18. The van der Waals surface area contributed by atoms with E-state index in [0.717, 1.165) is 22.3 Å². The van der Waals surface area contributed by atoms with Crippen LogP contribution >= 0.6 is 23.2 Å². The third kappa shape index (κ3) is 5.16. The summed E-state index contributed by atoms with van der Waals surface area (Å²) in [6, 6.07) is 15.1. The van der Waals surface area contributed by atoms with Crippen LogP contribution in [0, 0.1) is 5.82 Å². The number of halogens is 3. The summed E-state index contributed by atoms with van der Waals surface area (Å²) in [7, 11) is 1.56. The molecule has 3 aromatic rings. The maximum absolute atomic E-state index is 13.2. The predicted molar refractivity (Wildman–Crippen MR) is 109 cm³/mol. The lowest BCUT2D eigenvalue weighted by Crippen LogP contribution is -2.03. The van der Waals surface area contributed by atoms with E-state index >= 15 is 0 Å². The highest BCUT2D eigenvalue weighted by Gasteiger charge is 2.12. The fourth-order valence-corrected chi connectivity index (χ4v) is 3.54. The van der Waals surface area contributed by atoms with E-state index in [0.29, 0.717) is 28.6 Å². The number of aromatic hydroxyl groups is 1. The van der Waals surface area contributed by atoms with Crippen molar-refractivity contribution in [3.63, 3.8) is 0 Å². The van der Waals surface area contributed by atoms with Gasteiger partial charge in [-0.05, 0) is 52.6 Å². The monoisotopic (exact) mass is 420 g/mol. The Balaban J connectivity index is 1.91. The molecule has 0 aliphatic heterocycles. The molecule has 0 heterocycles. The smallest absolute Gasteiger partial charge is 0.188 e. The minimum Gasteiger partial charge on any atom is -0.508 e. The summed E-state index contributed by atoms with van der Waals surface area (Å²) in [6.45, 7) is 0.130. The molecule has 146 valence electrons. The second-order valence-electron chi connectivity index (χ2n) is 6.36. The molecule has 0 bridgehead atoms. The molecule has 0 spiro atoms. The molecular weight excluding hydrogens is 402 g/mol. The van der Waals surface area contributed by atoms with Crippen molar-refractivity contribution in [2.75, 3.05) is 13.9 Å². The summed E-state index contributed by atoms with van der Waals surface area (Å²) in [6.07, 6.45) is 1.07. The average molecular weight is 421 g/mol. The molecule has 6 heteroatoms. The first kappa shape index (κ1) is 20.5. The molecule has 0 atom stereocenters. The number of hydrogen-bond acceptors (Lipinski definition) is 3. The predicted octanol–water partition coefficient (Wildman–Crippen LogP) is 6.00. The van der Waals surface area contributed by atoms with E-state index in [1.807, 2.05) is 18.2 Å². The van der Waals surface area contributed by atoms with Gasteiger partial charge >= 0.3 is 0 Å². The molecule has 3 rings (SSSR count). The van der Waals surface area contributed by atoms with Crippen LogP contribution in [-0.2, 0) is 17.6 Å². The summed E-state index contributed by atoms with van der Waals surface area (Å²) in [4.78, 5) is 0. The number of phenolic OH excluding ortho intramolecular Hbond substituents is 1. The van der Waals surface area contributed by atoms with Crippen molar-refractivity contribution in [3.05, 3.63) is 92.7 Å². The molecular formula is C22H19Cl2FO3. The molecule has 0 radical (unpaired) electrons. The SMILES string of the molecule is COCOc1ccc(Cc2c(Cl)cc(O)cc2Cl)cc1Cc1ccc(F)cc1. The van der Waals surface area contributed by atoms with Crippen molar-refractivity contribution >= 4 is 23.2 Å². The maximum Gasteiger partial charge on any atom is 0.188 e. The topological polar surface area (TPSA) is 38.7 Å². The van der Waals surface area contributed by atoms with Crippen LogP contribution in [0.5, 0.6) is 11.5 Å². The van der Waals surface area contributed by atoms with Gasteiger partial charge in [-0.15, -0.1) is 0 Å². The molecule has 1 N–H and O–H groups in total. The van der Waals surface area contributed by atoms with Crippen LogP contribution in [0.4, 0.5) is 4.39 Å². The Morgan fingerprint density at radius 3 is 2.18 bits per heavy atom. The minimum absolute atomic E-state index is 0.0269. The zero-order valence-corrected chi connectivity index (χ0v) is 16.7. The molecule has 28 heavy (non-hydrogen) atoms. The van der Waals surface area contributed by atoms with Crippen LogP contribution in [0.3, 0.4) is 0 Å². The van der Waals surface area contributed by atoms with Crippen molar-refractivity contribution in [1.82, 2.24) is 0 Å². The Bertz CT molecular complexity index is 935. The molecule has 0 amide bonds. The van der Waals surface area contributed by atoms with Gasteiger partial charge in [0.25, 0.3) is 0 Å². The van der Waals surface area contributed by atoms with Gasteiger partial charge in [-0.1, -0.05) is 47.5 Å². The van der Waals surface area contributed by atoms with E-state index in [9.17, 15) is 9.50 Å². The van der Waals surface area contributed by atoms with Gasteiger partial charge < -0.3 is 14.6 Å². The van der Waals surface area contributed by atoms with E-state index in [4.69, 9.17) is 32.7 Å². The molecule has 0 aliphatic rings. The molecule has 0 aromatic heterocycles. The molecule has 0 unspecified atom stereocenters. The van der Waals surface area contributed by atoms with Gasteiger partial charge in [-0.2, -0.15) is 0 Å². The Labute approximate surface area is 173 Å². The number of hydrogen-bond donors (Lipinski definition) is 1. The van der Waals surface area contributed by atoms with E-state index < -0.39 is 0 Å². The van der Waals surface area contributed by atoms with Gasteiger partial charge in [0.15, 0.2) is 6.79 Å². The summed E-state index contributed by atoms with van der Waals surface area (Å²) in [5, 5.41) is 10.4. The maximum atomic E-state index is 13.2. The highest BCUT2D eigenvalue weighted by Crippen LogP contribution is 2.32. The highest BCUT2D eigenvalue weighted by molar-refractivity contribution is 6.36. The van der Waals surface area contributed by atoms with Crippen LogP contribution < -0.4 is 4.74 Å². The van der Waals surface area contributed by atoms with Crippen molar-refractivity contribution in [3.8, 4) is 11.5 Å². The van der Waals surface area contributed by atoms with Crippen LogP contribution in [-0.4, -0.2) is 19.0 Å². The van der Waals surface area contributed by atoms with Gasteiger partial charge in [-0.3, -0.25) is 0 Å². The Kier molecular flexibility index (Phi) is 6.79. The van der Waals surface area contributed by atoms with Crippen molar-refractivity contribution in [2.24, 2.45) is 0 Å². The standard InChI is InChI=1S/C22H19Cl2FO3/c1-27-13-28-22-7-4-15(10-19-20(23)11-18(26)12-21(19)24)9-16(22)8-14-2-5-17(25)6-3-14/h2-7,9,11-12,26H,8,10,13H2,1H3. The van der Waals surface area contributed by atoms with Crippen LogP contribution in [0.2, 0.25) is 10.0 Å². The zero-order valence-electron chi connectivity index (χ0n) is 15.2. The number of rotatable bonds is 7. The van der Waals surface area contributed by atoms with E-state index in [-0.39, 0.29) is 18.4 Å². The number of phenols is 1. The third-order valence-electron chi connectivity index (χ3n) is 4.27. The molecule has 0 saturated carbocycles. The van der Waals surface area contributed by atoms with Crippen LogP contribution in [0.1, 0.15) is 22.3 Å². The Hall–Kier alpha value is -2.27. The van der Waals surface area contributed by atoms with Gasteiger partial charge in [0.1, 0.15) is 17.3 Å². The zero-order chi connectivity index (χ0) is 20.1. The molecule has 3 aromatic carbocycles. The lowest BCUT2D eigenvalue weighted by Gasteiger charge is -2.14. The van der Waals surface area contributed by atoms with Crippen LogP contribution in [0.25, 0.3) is 0 Å². The molecule has 3 nitrogen and oxygen atoms in total. The summed E-state index contributed by atoms with van der Waals surface area (Å²) in [5.41, 5.74) is 3.62. The second kappa shape index (κ2) is 9.28. The molecule has 0 fully saturated rings. The Morgan fingerprint density at radius 2 is 1.54 bits per heavy atom. The largest absolute Gasteiger partial charge is 0.508 e. The third-order valence-corrected chi connectivity index (χ3v) is 4.95. The van der Waals surface area contributed by atoms with Crippen molar-refractivity contribution in [1.29, 1.82) is 0 Å². The fraction of sp³-hybridized carbons (Fsp3) is 0.182. The molecule has 0 aliphatic carbocycles. The minimum atomic E-state index is -0.273. The van der Waals surface area contributed by atoms with Gasteiger partial charge in [-0.25, -0.2) is 4.39 Å². The average Bonchev–Trinajstić information content (AvgIpc) is 2.66. The first-order valence-electron chi connectivity index (χ1n) is 8.61. The van der Waals surface area contributed by atoms with E-state index in [1.54, 1.807) is 19.2 Å². The van der Waals surface area contributed by atoms with E-state index in [2.05, 4.69) is 0 Å². The Morgan fingerprint density at radius 1 is 0.893 bits per heavy atom. The lowest BCUT2D eigenvalue weighted by molar-refractivity contribution is 0.0505.